The molecule has 0 radical (unpaired) electrons. The minimum atomic E-state index is -1.63. The zero-order valence-electron chi connectivity index (χ0n) is 35.2. The van der Waals surface area contributed by atoms with Crippen molar-refractivity contribution < 1.29 is 48.1 Å². The molecule has 3 aliphatic heterocycles. The van der Waals surface area contributed by atoms with Crippen LogP contribution in [0.2, 0.25) is 5.02 Å². The van der Waals surface area contributed by atoms with Crippen LogP contribution in [0.5, 0.6) is 0 Å². The molecule has 2 saturated heterocycles. The zero-order chi connectivity index (χ0) is 43.1. The van der Waals surface area contributed by atoms with E-state index in [0.717, 1.165) is 28.5 Å². The average Bonchev–Trinajstić information content (AvgIpc) is 3.83. The second kappa shape index (κ2) is 17.5. The standard InChI is InChI=1S/C43H58ClN3O10S/c1-23-12-11-13-25(3)43(54)22-32(55-40(53)45-43)26(4)38-42(8,57-38)33(19-35(51)47(10)29-18-28(16-23)17-24(2)36(29)44)56-39(52)27(5)46(9)34(50)14-15-58-37-30(48)20-41(6,7)21-31(37)49/h11-13,17-18,25-27,32-33,37-38,54H,14-16,19-22H2,1-10H3,(H,45,53)/b13-11+,23-12+/t25?,26?,27-,32?,33?,38?,42?,43?/m0/s1. The summed E-state index contributed by atoms with van der Waals surface area (Å²) in [5.74, 6) is -2.63. The Kier molecular flexibility index (Phi) is 13.7. The fraction of sp³-hybridized carbons (Fsp3) is 0.628. The maximum Gasteiger partial charge on any atom is 0.409 e. The number of nitrogens with one attached hydrogen (secondary N) is 1. The molecule has 3 amide bonds. The number of aryl methyl sites for hydroxylation is 1. The van der Waals surface area contributed by atoms with Crippen LogP contribution in [0.15, 0.2) is 35.9 Å². The molecule has 1 saturated carbocycles. The summed E-state index contributed by atoms with van der Waals surface area (Å²) >= 11 is 7.94. The molecule has 3 heterocycles. The summed E-state index contributed by atoms with van der Waals surface area (Å²) in [5, 5.41) is 13.9. The third kappa shape index (κ3) is 10.00. The normalized spacial score (nSPS) is 32.5. The number of likely N-dealkylation sites (N-methyl/N-ethyl adjacent to an activating group) is 1. The van der Waals surface area contributed by atoms with E-state index < -0.39 is 70.7 Å². The first-order valence-corrected chi connectivity index (χ1v) is 21.3. The number of ketones is 2. The van der Waals surface area contributed by atoms with Gasteiger partial charge in [-0.05, 0) is 56.7 Å². The van der Waals surface area contributed by atoms with Gasteiger partial charge < -0.3 is 29.1 Å². The van der Waals surface area contributed by atoms with Crippen LogP contribution in [0.4, 0.5) is 10.5 Å². The molecular formula is C43H58ClN3O10S. The molecular weight excluding hydrogens is 786 g/mol. The number of carbonyl (C=O) groups is 6. The Morgan fingerprint density at radius 3 is 2.43 bits per heavy atom. The van der Waals surface area contributed by atoms with Crippen LogP contribution in [0.25, 0.3) is 0 Å². The van der Waals surface area contributed by atoms with Crippen LogP contribution in [0.1, 0.15) is 91.7 Å². The fourth-order valence-electron chi connectivity index (χ4n) is 8.16. The largest absolute Gasteiger partial charge is 0.457 e. The number of allylic oxidation sites excluding steroid dienone is 3. The fourth-order valence-corrected chi connectivity index (χ4v) is 9.46. The van der Waals surface area contributed by atoms with Gasteiger partial charge in [0.25, 0.3) is 0 Å². The van der Waals surface area contributed by atoms with Crippen LogP contribution in [-0.4, -0.2) is 106 Å². The minimum absolute atomic E-state index is 0.0172. The molecule has 1 aromatic carbocycles. The Morgan fingerprint density at radius 2 is 1.78 bits per heavy atom. The molecule has 0 aromatic heterocycles. The maximum absolute atomic E-state index is 14.2. The van der Waals surface area contributed by atoms with Crippen LogP contribution >= 0.6 is 23.4 Å². The van der Waals surface area contributed by atoms with Crippen molar-refractivity contribution in [2.24, 2.45) is 17.3 Å². The second-order valence-electron chi connectivity index (χ2n) is 17.6. The number of aliphatic hydroxyl groups is 1. The summed E-state index contributed by atoms with van der Waals surface area (Å²) < 4.78 is 18.1. The van der Waals surface area contributed by atoms with Crippen molar-refractivity contribution in [2.75, 3.05) is 24.7 Å². The second-order valence-corrected chi connectivity index (χ2v) is 19.2. The first kappa shape index (κ1) is 45.4. The molecule has 13 nitrogen and oxygen atoms in total. The minimum Gasteiger partial charge on any atom is -0.457 e. The number of Topliss-reactive ketones (excluding diaryl/α,β-unsaturated/α-hetero) is 2. The smallest absolute Gasteiger partial charge is 0.409 e. The molecule has 4 aliphatic rings. The number of hydrogen-bond acceptors (Lipinski definition) is 11. The third-order valence-electron chi connectivity index (χ3n) is 12.2. The molecule has 2 N–H and O–H groups in total. The summed E-state index contributed by atoms with van der Waals surface area (Å²) in [5.41, 5.74) is -0.0440. The van der Waals surface area contributed by atoms with Gasteiger partial charge in [-0.15, -0.1) is 11.8 Å². The van der Waals surface area contributed by atoms with Crippen LogP contribution < -0.4 is 10.2 Å². The Bertz CT molecular complexity index is 1880. The topological polar surface area (TPSA) is 172 Å². The van der Waals surface area contributed by atoms with Gasteiger partial charge in [-0.25, -0.2) is 9.59 Å². The highest BCUT2D eigenvalue weighted by atomic mass is 35.5. The number of epoxide rings is 1. The predicted molar refractivity (Wildman–Crippen MR) is 221 cm³/mol. The molecule has 0 spiro atoms. The molecule has 8 atom stereocenters. The Balaban J connectivity index is 1.38. The third-order valence-corrected chi connectivity index (χ3v) is 13.9. The summed E-state index contributed by atoms with van der Waals surface area (Å²) in [6.07, 6.45) is 3.10. The lowest BCUT2D eigenvalue weighted by Crippen LogP contribution is -2.60. The van der Waals surface area contributed by atoms with Gasteiger partial charge >= 0.3 is 12.1 Å². The number of fused-ring (bicyclic) bond motifs is 5. The van der Waals surface area contributed by atoms with E-state index in [4.69, 9.17) is 25.8 Å². The number of hydrogen-bond donors (Lipinski definition) is 2. The molecule has 1 aliphatic carbocycles. The molecule has 15 heteroatoms. The first-order valence-electron chi connectivity index (χ1n) is 19.9. The van der Waals surface area contributed by atoms with Crippen LogP contribution in [0.3, 0.4) is 0 Å². The zero-order valence-corrected chi connectivity index (χ0v) is 36.8. The molecule has 58 heavy (non-hydrogen) atoms. The van der Waals surface area contributed by atoms with Crippen molar-refractivity contribution in [3.63, 3.8) is 0 Å². The van der Waals surface area contributed by atoms with E-state index in [1.54, 1.807) is 20.9 Å². The van der Waals surface area contributed by atoms with Crippen molar-refractivity contribution in [1.82, 2.24) is 10.2 Å². The number of amides is 3. The molecule has 7 unspecified atom stereocenters. The van der Waals surface area contributed by atoms with Gasteiger partial charge in [0.2, 0.25) is 11.8 Å². The Hall–Kier alpha value is -3.72. The van der Waals surface area contributed by atoms with E-state index in [1.165, 1.54) is 23.8 Å². The summed E-state index contributed by atoms with van der Waals surface area (Å²) in [6, 6.07) is 2.74. The van der Waals surface area contributed by atoms with Gasteiger partial charge in [0, 0.05) is 57.4 Å². The van der Waals surface area contributed by atoms with Gasteiger partial charge in [0.15, 0.2) is 11.6 Å². The number of carbonyl (C=O) groups excluding carboxylic acids is 6. The van der Waals surface area contributed by atoms with Crippen molar-refractivity contribution >= 4 is 64.5 Å². The van der Waals surface area contributed by atoms with E-state index in [-0.39, 0.29) is 47.9 Å². The molecule has 318 valence electrons. The lowest BCUT2D eigenvalue weighted by Gasteiger charge is -2.41. The van der Waals surface area contributed by atoms with E-state index in [0.29, 0.717) is 30.0 Å². The molecule has 4 bridgehead atoms. The number of rotatable bonds is 7. The predicted octanol–water partition coefficient (Wildman–Crippen LogP) is 5.89. The van der Waals surface area contributed by atoms with E-state index in [1.807, 2.05) is 65.0 Å². The molecule has 1 aromatic rings. The lowest BCUT2D eigenvalue weighted by molar-refractivity contribution is -0.162. The summed E-state index contributed by atoms with van der Waals surface area (Å²) in [6.45, 7) is 14.5. The van der Waals surface area contributed by atoms with Crippen molar-refractivity contribution in [3.8, 4) is 0 Å². The number of benzene rings is 1. The molecule has 3 fully saturated rings. The van der Waals surface area contributed by atoms with Gasteiger partial charge in [-0.2, -0.15) is 0 Å². The summed E-state index contributed by atoms with van der Waals surface area (Å²) in [4.78, 5) is 82.2. The number of anilines is 1. The highest BCUT2D eigenvalue weighted by Gasteiger charge is 2.64. The number of alkyl carbamates (subject to hydrolysis) is 1. The molecule has 5 rings (SSSR count). The number of halogens is 1. The number of nitrogens with zero attached hydrogens (tertiary/aromatic N) is 2. The van der Waals surface area contributed by atoms with Crippen LogP contribution in [-0.2, 0) is 44.6 Å². The SMILES string of the molecule is C/C1=C\C=C\C(C)C2(O)CC(OC(=O)N2)C(C)C2OC2(C)C(OC(=O)[C@H](C)N(C)C(=O)CCSC2C(=O)CC(C)(C)CC2=O)CC(=O)N(C)c2cc(cc(C)c2Cl)C1. The Morgan fingerprint density at radius 1 is 1.12 bits per heavy atom. The van der Waals surface area contributed by atoms with E-state index in [9.17, 15) is 33.9 Å². The number of thioether (sulfide) groups is 1. The monoisotopic (exact) mass is 843 g/mol. The first-order chi connectivity index (χ1) is 27.0. The van der Waals surface area contributed by atoms with Crippen molar-refractivity contribution in [2.45, 2.75) is 135 Å². The van der Waals surface area contributed by atoms with E-state index >= 15 is 0 Å². The van der Waals surface area contributed by atoms with Gasteiger partial charge in [0.1, 0.15) is 34.8 Å². The Labute approximate surface area is 350 Å². The average molecular weight is 844 g/mol. The van der Waals surface area contributed by atoms with Crippen molar-refractivity contribution in [3.05, 3.63) is 52.1 Å². The number of ether oxygens (including phenoxy) is 3. The van der Waals surface area contributed by atoms with E-state index in [2.05, 4.69) is 5.32 Å². The van der Waals surface area contributed by atoms with Crippen LogP contribution in [0, 0.1) is 24.2 Å². The van der Waals surface area contributed by atoms with Gasteiger partial charge in [-0.3, -0.25) is 24.5 Å². The number of esters is 1. The summed E-state index contributed by atoms with van der Waals surface area (Å²) in [7, 11) is 3.08. The van der Waals surface area contributed by atoms with Gasteiger partial charge in [-0.1, -0.05) is 69.2 Å². The van der Waals surface area contributed by atoms with Gasteiger partial charge in [0.05, 0.1) is 23.2 Å². The quantitative estimate of drug-likeness (QED) is 0.191. The lowest BCUT2D eigenvalue weighted by atomic mass is 9.76. The van der Waals surface area contributed by atoms with Crippen molar-refractivity contribution in [1.29, 1.82) is 0 Å². The highest BCUT2D eigenvalue weighted by molar-refractivity contribution is 8.01. The maximum atomic E-state index is 14.2. The highest BCUT2D eigenvalue weighted by Crippen LogP contribution is 2.49.